The number of aryl methyl sites for hydroxylation is 1. The Morgan fingerprint density at radius 1 is 1.47 bits per heavy atom. The number of hydrogen-bond acceptors (Lipinski definition) is 2. The third kappa shape index (κ3) is 3.98. The van der Waals surface area contributed by atoms with Crippen LogP contribution in [0.15, 0.2) is 18.2 Å². The maximum atomic E-state index is 10.7. The molecule has 1 aromatic rings. The number of amides is 1. The molecule has 0 saturated carbocycles. The highest BCUT2D eigenvalue weighted by atomic mass is 16.5. The fraction of sp³-hybridized carbons (Fsp3) is 0.462. The largest absolute Gasteiger partial charge is 0.497 e. The summed E-state index contributed by atoms with van der Waals surface area (Å²) >= 11 is 0. The van der Waals surface area contributed by atoms with Crippen LogP contribution in [-0.2, 0) is 6.42 Å². The molecule has 4 nitrogen and oxygen atoms in total. The maximum absolute atomic E-state index is 10.7. The molecular weight excluding hydrogens is 218 g/mol. The van der Waals surface area contributed by atoms with Crippen molar-refractivity contribution >= 4 is 6.09 Å². The molecule has 0 radical (unpaired) electrons. The molecule has 0 aliphatic heterocycles. The molecule has 0 bridgehead atoms. The molecule has 0 saturated heterocycles. The number of carboxylic acid groups (broad SMARTS) is 1. The van der Waals surface area contributed by atoms with Crippen molar-refractivity contribution in [2.75, 3.05) is 7.11 Å². The molecule has 0 fully saturated rings. The first-order chi connectivity index (χ1) is 7.84. The summed E-state index contributed by atoms with van der Waals surface area (Å²) in [6.07, 6.45) is -0.351. The van der Waals surface area contributed by atoms with Crippen molar-refractivity contribution in [1.82, 2.24) is 5.32 Å². The number of hydrogen-bond donors (Lipinski definition) is 2. The van der Waals surface area contributed by atoms with Crippen LogP contribution in [0.2, 0.25) is 0 Å². The van der Waals surface area contributed by atoms with Crippen molar-refractivity contribution in [1.29, 1.82) is 0 Å². The van der Waals surface area contributed by atoms with Gasteiger partial charge in [0, 0.05) is 5.54 Å². The van der Waals surface area contributed by atoms with Gasteiger partial charge in [-0.25, -0.2) is 4.79 Å². The molecule has 0 aromatic heterocycles. The van der Waals surface area contributed by atoms with Gasteiger partial charge < -0.3 is 15.2 Å². The van der Waals surface area contributed by atoms with Crippen molar-refractivity contribution in [3.63, 3.8) is 0 Å². The van der Waals surface area contributed by atoms with E-state index in [9.17, 15) is 4.79 Å². The van der Waals surface area contributed by atoms with Gasteiger partial charge in [0.1, 0.15) is 5.75 Å². The number of rotatable bonds is 4. The second kappa shape index (κ2) is 5.08. The summed E-state index contributed by atoms with van der Waals surface area (Å²) in [5, 5.41) is 11.3. The van der Waals surface area contributed by atoms with Gasteiger partial charge in [0.25, 0.3) is 0 Å². The SMILES string of the molecule is COc1ccc(CC(C)(C)NC(=O)O)c(C)c1. The molecule has 4 heteroatoms. The van der Waals surface area contributed by atoms with Crippen LogP contribution in [0.25, 0.3) is 0 Å². The van der Waals surface area contributed by atoms with E-state index >= 15 is 0 Å². The summed E-state index contributed by atoms with van der Waals surface area (Å²) in [7, 11) is 1.63. The fourth-order valence-electron chi connectivity index (χ4n) is 1.80. The van der Waals surface area contributed by atoms with E-state index in [2.05, 4.69) is 5.32 Å². The normalized spacial score (nSPS) is 11.1. The van der Waals surface area contributed by atoms with Crippen LogP contribution in [0.4, 0.5) is 4.79 Å². The number of carbonyl (C=O) groups is 1. The standard InChI is InChI=1S/C13H19NO3/c1-9-7-11(17-4)6-5-10(9)8-13(2,3)14-12(15)16/h5-7,14H,8H2,1-4H3,(H,15,16). The Bertz CT molecular complexity index is 413. The van der Waals surface area contributed by atoms with Gasteiger partial charge in [-0.3, -0.25) is 0 Å². The Morgan fingerprint density at radius 3 is 2.59 bits per heavy atom. The summed E-state index contributed by atoms with van der Waals surface area (Å²) in [4.78, 5) is 10.7. The summed E-state index contributed by atoms with van der Waals surface area (Å²) in [6, 6.07) is 5.81. The first-order valence-corrected chi connectivity index (χ1v) is 5.49. The van der Waals surface area contributed by atoms with E-state index in [4.69, 9.17) is 9.84 Å². The molecule has 2 N–H and O–H groups in total. The number of ether oxygens (including phenoxy) is 1. The molecule has 0 aliphatic carbocycles. The van der Waals surface area contributed by atoms with E-state index < -0.39 is 11.6 Å². The predicted molar refractivity (Wildman–Crippen MR) is 66.7 cm³/mol. The average molecular weight is 237 g/mol. The molecule has 1 aromatic carbocycles. The lowest BCUT2D eigenvalue weighted by molar-refractivity contribution is 0.182. The third-order valence-corrected chi connectivity index (χ3v) is 2.63. The van der Waals surface area contributed by atoms with Gasteiger partial charge in [-0.1, -0.05) is 6.07 Å². The highest BCUT2D eigenvalue weighted by molar-refractivity contribution is 5.65. The maximum Gasteiger partial charge on any atom is 0.405 e. The highest BCUT2D eigenvalue weighted by Gasteiger charge is 2.21. The number of methoxy groups -OCH3 is 1. The summed E-state index contributed by atoms with van der Waals surface area (Å²) in [5.74, 6) is 0.815. The Balaban J connectivity index is 2.84. The van der Waals surface area contributed by atoms with Crippen molar-refractivity contribution < 1.29 is 14.6 Å². The van der Waals surface area contributed by atoms with E-state index in [1.165, 1.54) is 0 Å². The van der Waals surface area contributed by atoms with Crippen LogP contribution in [0.5, 0.6) is 5.75 Å². The Morgan fingerprint density at radius 2 is 2.12 bits per heavy atom. The van der Waals surface area contributed by atoms with Gasteiger partial charge in [0.2, 0.25) is 0 Å². The van der Waals surface area contributed by atoms with Gasteiger partial charge in [-0.15, -0.1) is 0 Å². The molecular formula is C13H19NO3. The van der Waals surface area contributed by atoms with E-state index in [0.717, 1.165) is 16.9 Å². The lowest BCUT2D eigenvalue weighted by Crippen LogP contribution is -2.44. The fourth-order valence-corrected chi connectivity index (χ4v) is 1.80. The summed E-state index contributed by atoms with van der Waals surface area (Å²) < 4.78 is 5.13. The average Bonchev–Trinajstić information content (AvgIpc) is 2.18. The van der Waals surface area contributed by atoms with E-state index in [1.807, 2.05) is 39.0 Å². The van der Waals surface area contributed by atoms with Crippen LogP contribution >= 0.6 is 0 Å². The number of benzene rings is 1. The van der Waals surface area contributed by atoms with Crippen LogP contribution in [0, 0.1) is 6.92 Å². The van der Waals surface area contributed by atoms with Crippen LogP contribution < -0.4 is 10.1 Å². The Labute approximate surface area is 102 Å². The zero-order chi connectivity index (χ0) is 13.1. The first-order valence-electron chi connectivity index (χ1n) is 5.49. The second-order valence-corrected chi connectivity index (χ2v) is 4.78. The van der Waals surface area contributed by atoms with Gasteiger partial charge in [-0.05, 0) is 50.5 Å². The van der Waals surface area contributed by atoms with Crippen molar-refractivity contribution in [3.05, 3.63) is 29.3 Å². The smallest absolute Gasteiger partial charge is 0.405 e. The predicted octanol–water partition coefficient (Wildman–Crippen LogP) is 2.59. The molecule has 1 amide bonds. The molecule has 0 unspecified atom stereocenters. The molecule has 0 aliphatic rings. The monoisotopic (exact) mass is 237 g/mol. The van der Waals surface area contributed by atoms with Crippen LogP contribution in [0.3, 0.4) is 0 Å². The minimum atomic E-state index is -0.999. The molecule has 1 rings (SSSR count). The van der Waals surface area contributed by atoms with Gasteiger partial charge in [0.15, 0.2) is 0 Å². The molecule has 17 heavy (non-hydrogen) atoms. The van der Waals surface area contributed by atoms with Gasteiger partial charge in [-0.2, -0.15) is 0 Å². The highest BCUT2D eigenvalue weighted by Crippen LogP contribution is 2.21. The minimum Gasteiger partial charge on any atom is -0.497 e. The lowest BCUT2D eigenvalue weighted by Gasteiger charge is -2.25. The molecule has 0 spiro atoms. The Kier molecular flexibility index (Phi) is 3.99. The second-order valence-electron chi connectivity index (χ2n) is 4.78. The van der Waals surface area contributed by atoms with E-state index in [0.29, 0.717) is 6.42 Å². The molecule has 94 valence electrons. The number of nitrogens with one attached hydrogen (secondary N) is 1. The molecule has 0 atom stereocenters. The zero-order valence-corrected chi connectivity index (χ0v) is 10.7. The van der Waals surface area contributed by atoms with E-state index in [1.54, 1.807) is 7.11 Å². The third-order valence-electron chi connectivity index (χ3n) is 2.63. The van der Waals surface area contributed by atoms with E-state index in [-0.39, 0.29) is 0 Å². The van der Waals surface area contributed by atoms with Crippen molar-refractivity contribution in [2.24, 2.45) is 0 Å². The van der Waals surface area contributed by atoms with Crippen molar-refractivity contribution in [2.45, 2.75) is 32.7 Å². The first kappa shape index (κ1) is 13.4. The van der Waals surface area contributed by atoms with Gasteiger partial charge in [0.05, 0.1) is 7.11 Å². The quantitative estimate of drug-likeness (QED) is 0.846. The lowest BCUT2D eigenvalue weighted by atomic mass is 9.92. The Hall–Kier alpha value is -1.71. The van der Waals surface area contributed by atoms with Crippen LogP contribution in [0.1, 0.15) is 25.0 Å². The summed E-state index contributed by atoms with van der Waals surface area (Å²) in [6.45, 7) is 5.73. The summed E-state index contributed by atoms with van der Waals surface area (Å²) in [5.41, 5.74) is 1.74. The van der Waals surface area contributed by atoms with Crippen LogP contribution in [-0.4, -0.2) is 23.8 Å². The zero-order valence-electron chi connectivity index (χ0n) is 10.7. The minimum absolute atomic E-state index is 0.481. The molecule has 0 heterocycles. The topological polar surface area (TPSA) is 58.6 Å². The van der Waals surface area contributed by atoms with Gasteiger partial charge >= 0.3 is 6.09 Å². The van der Waals surface area contributed by atoms with Crippen molar-refractivity contribution in [3.8, 4) is 5.75 Å².